The van der Waals surface area contributed by atoms with Crippen molar-refractivity contribution in [1.82, 2.24) is 0 Å². The van der Waals surface area contributed by atoms with Gasteiger partial charge in [0.25, 0.3) is 0 Å². The number of hydrogen-bond donors (Lipinski definition) is 3. The summed E-state index contributed by atoms with van der Waals surface area (Å²) < 4.78 is 0. The molecule has 0 saturated carbocycles. The van der Waals surface area contributed by atoms with Crippen molar-refractivity contribution in [3.8, 4) is 11.1 Å². The molecule has 0 bridgehead atoms. The minimum Gasteiger partial charge on any atom is -0.480 e. The van der Waals surface area contributed by atoms with Gasteiger partial charge in [-0.25, -0.2) is 4.79 Å². The smallest absolute Gasteiger partial charge is 0.327 e. The molecule has 0 fully saturated rings. The van der Waals surface area contributed by atoms with E-state index in [9.17, 15) is 14.7 Å². The van der Waals surface area contributed by atoms with Gasteiger partial charge in [0.15, 0.2) is 0 Å². The maximum Gasteiger partial charge on any atom is 0.327 e. The van der Waals surface area contributed by atoms with Crippen molar-refractivity contribution < 1.29 is 14.7 Å². The maximum absolute atomic E-state index is 13.1. The van der Waals surface area contributed by atoms with E-state index in [0.29, 0.717) is 5.69 Å². The van der Waals surface area contributed by atoms with Crippen LogP contribution in [0.2, 0.25) is 0 Å². The SMILES string of the molecule is Cl.N[C@@H](CS)C(=O)N(c1ccccc1)[C@@H](Cc1ccccc1-c1ccccc1)C(=O)O. The standard InChI is InChI=1S/C24H24N2O3S.ClH/c25-21(16-30)23(27)26(19-12-5-2-6-13-19)22(24(28)29)15-18-11-7-8-14-20(18)17-9-3-1-4-10-17;/h1-14,21-22,30H,15-16,25H2,(H,28,29);1H/t21-,22-;/m0./s1. The number of hydrogen-bond acceptors (Lipinski definition) is 4. The number of amides is 1. The number of nitrogens with two attached hydrogens (primary N) is 1. The molecule has 0 saturated heterocycles. The van der Waals surface area contributed by atoms with Crippen molar-refractivity contribution in [1.29, 1.82) is 0 Å². The lowest BCUT2D eigenvalue weighted by Gasteiger charge is -2.31. The van der Waals surface area contributed by atoms with Gasteiger partial charge in [0.1, 0.15) is 6.04 Å². The molecule has 0 aliphatic rings. The van der Waals surface area contributed by atoms with Crippen LogP contribution in [-0.2, 0) is 16.0 Å². The molecule has 0 spiro atoms. The van der Waals surface area contributed by atoms with E-state index in [1.165, 1.54) is 4.90 Å². The zero-order chi connectivity index (χ0) is 21.5. The third-order valence-electron chi connectivity index (χ3n) is 4.90. The molecule has 0 heterocycles. The van der Waals surface area contributed by atoms with Gasteiger partial charge in [-0.3, -0.25) is 9.69 Å². The Kier molecular flexibility index (Phi) is 9.12. The summed E-state index contributed by atoms with van der Waals surface area (Å²) in [6.45, 7) is 0. The van der Waals surface area contributed by atoms with Crippen LogP contribution in [-0.4, -0.2) is 34.8 Å². The van der Waals surface area contributed by atoms with Crippen molar-refractivity contribution >= 4 is 42.6 Å². The van der Waals surface area contributed by atoms with E-state index in [1.807, 2.05) is 60.7 Å². The van der Waals surface area contributed by atoms with Crippen molar-refractivity contribution in [2.75, 3.05) is 10.7 Å². The fraction of sp³-hybridized carbons (Fsp3) is 0.167. The molecule has 3 rings (SSSR count). The van der Waals surface area contributed by atoms with Gasteiger partial charge in [-0.05, 0) is 28.8 Å². The molecule has 3 aromatic carbocycles. The number of carboxylic acids is 1. The van der Waals surface area contributed by atoms with E-state index >= 15 is 0 Å². The molecule has 0 radical (unpaired) electrons. The number of rotatable bonds is 8. The zero-order valence-corrected chi connectivity index (χ0v) is 18.5. The number of carbonyl (C=O) groups is 2. The van der Waals surface area contributed by atoms with Crippen LogP contribution in [0.5, 0.6) is 0 Å². The average molecular weight is 457 g/mol. The molecule has 2 atom stereocenters. The van der Waals surface area contributed by atoms with Gasteiger partial charge in [0.05, 0.1) is 6.04 Å². The van der Waals surface area contributed by atoms with E-state index in [2.05, 4.69) is 12.6 Å². The highest BCUT2D eigenvalue weighted by Crippen LogP contribution is 2.27. The predicted octanol–water partition coefficient (Wildman–Crippen LogP) is 4.06. The lowest BCUT2D eigenvalue weighted by atomic mass is 9.94. The number of nitrogens with zero attached hydrogens (tertiary/aromatic N) is 1. The van der Waals surface area contributed by atoms with Crippen molar-refractivity contribution in [2.45, 2.75) is 18.5 Å². The quantitative estimate of drug-likeness (QED) is 0.446. The third kappa shape index (κ3) is 5.88. The predicted molar refractivity (Wildman–Crippen MR) is 130 cm³/mol. The summed E-state index contributed by atoms with van der Waals surface area (Å²) in [5.41, 5.74) is 9.20. The molecule has 0 aliphatic carbocycles. The molecule has 0 unspecified atom stereocenters. The van der Waals surface area contributed by atoms with Gasteiger partial charge in [-0.1, -0.05) is 72.8 Å². The molecule has 5 nitrogen and oxygen atoms in total. The molecule has 31 heavy (non-hydrogen) atoms. The van der Waals surface area contributed by atoms with Crippen LogP contribution >= 0.6 is 25.0 Å². The van der Waals surface area contributed by atoms with Gasteiger partial charge in [0.2, 0.25) is 5.91 Å². The van der Waals surface area contributed by atoms with Gasteiger partial charge >= 0.3 is 5.97 Å². The van der Waals surface area contributed by atoms with Crippen molar-refractivity contribution in [3.63, 3.8) is 0 Å². The molecule has 0 aliphatic heterocycles. The van der Waals surface area contributed by atoms with Crippen LogP contribution in [0.3, 0.4) is 0 Å². The summed E-state index contributed by atoms with van der Waals surface area (Å²) in [5.74, 6) is -1.45. The van der Waals surface area contributed by atoms with E-state index < -0.39 is 24.0 Å². The molecule has 0 aromatic heterocycles. The minimum atomic E-state index is -1.12. The van der Waals surface area contributed by atoms with E-state index in [-0.39, 0.29) is 24.6 Å². The first-order valence-electron chi connectivity index (χ1n) is 9.63. The first kappa shape index (κ1) is 24.5. The number of aliphatic carboxylic acids is 1. The lowest BCUT2D eigenvalue weighted by molar-refractivity contribution is -0.140. The second-order valence-corrected chi connectivity index (χ2v) is 7.28. The number of anilines is 1. The van der Waals surface area contributed by atoms with Crippen molar-refractivity contribution in [2.24, 2.45) is 5.73 Å². The Balaban J connectivity index is 0.00000341. The third-order valence-corrected chi connectivity index (χ3v) is 5.29. The zero-order valence-electron chi connectivity index (χ0n) is 16.8. The maximum atomic E-state index is 13.1. The first-order valence-corrected chi connectivity index (χ1v) is 10.3. The van der Waals surface area contributed by atoms with Gasteiger partial charge < -0.3 is 10.8 Å². The molecule has 162 valence electrons. The van der Waals surface area contributed by atoms with Gasteiger partial charge in [-0.15, -0.1) is 12.4 Å². The summed E-state index contributed by atoms with van der Waals surface area (Å²) in [4.78, 5) is 26.7. The average Bonchev–Trinajstić information content (AvgIpc) is 2.79. The number of carboxylic acid groups (broad SMARTS) is 1. The largest absolute Gasteiger partial charge is 0.480 e. The summed E-state index contributed by atoms with van der Waals surface area (Å²) >= 11 is 4.13. The number of benzene rings is 3. The Morgan fingerprint density at radius 2 is 1.45 bits per heavy atom. The molecule has 7 heteroatoms. The van der Waals surface area contributed by atoms with Crippen LogP contribution in [0.4, 0.5) is 5.69 Å². The second-order valence-electron chi connectivity index (χ2n) is 6.91. The monoisotopic (exact) mass is 456 g/mol. The number of halogens is 1. The van der Waals surface area contributed by atoms with Crippen LogP contribution in [0.15, 0.2) is 84.9 Å². The summed E-state index contributed by atoms with van der Waals surface area (Å²) in [5, 5.41) is 10.1. The van der Waals surface area contributed by atoms with E-state index in [4.69, 9.17) is 5.73 Å². The van der Waals surface area contributed by atoms with Crippen LogP contribution in [0.1, 0.15) is 5.56 Å². The Morgan fingerprint density at radius 3 is 2.03 bits per heavy atom. The number of carbonyl (C=O) groups excluding carboxylic acids is 1. The second kappa shape index (κ2) is 11.6. The molecular formula is C24H25ClN2O3S. The molecule has 3 aromatic rings. The van der Waals surface area contributed by atoms with Crippen LogP contribution in [0, 0.1) is 0 Å². The topological polar surface area (TPSA) is 83.6 Å². The highest BCUT2D eigenvalue weighted by Gasteiger charge is 2.34. The first-order chi connectivity index (χ1) is 14.5. The summed E-state index contributed by atoms with van der Waals surface area (Å²) in [7, 11) is 0. The minimum absolute atomic E-state index is 0. The van der Waals surface area contributed by atoms with Gasteiger partial charge in [0, 0.05) is 17.9 Å². The molecular weight excluding hydrogens is 432 g/mol. The highest BCUT2D eigenvalue weighted by atomic mass is 35.5. The molecule has 1 amide bonds. The van der Waals surface area contributed by atoms with Crippen molar-refractivity contribution in [3.05, 3.63) is 90.5 Å². The fourth-order valence-corrected chi connectivity index (χ4v) is 3.56. The summed E-state index contributed by atoms with van der Waals surface area (Å²) in [6.07, 6.45) is 0.139. The number of para-hydroxylation sites is 1. The lowest BCUT2D eigenvalue weighted by Crippen LogP contribution is -2.53. The summed E-state index contributed by atoms with van der Waals surface area (Å²) in [6, 6.07) is 24.1. The Bertz CT molecular complexity index is 1000. The normalized spacial score (nSPS) is 12.3. The van der Waals surface area contributed by atoms with Gasteiger partial charge in [-0.2, -0.15) is 12.6 Å². The fourth-order valence-electron chi connectivity index (χ4n) is 3.40. The number of thiol groups is 1. The Morgan fingerprint density at radius 1 is 0.903 bits per heavy atom. The van der Waals surface area contributed by atoms with Crippen LogP contribution < -0.4 is 10.6 Å². The Labute approximate surface area is 193 Å². The van der Waals surface area contributed by atoms with Crippen LogP contribution in [0.25, 0.3) is 11.1 Å². The van der Waals surface area contributed by atoms with E-state index in [1.54, 1.807) is 24.3 Å². The molecule has 3 N–H and O–H groups in total. The van der Waals surface area contributed by atoms with E-state index in [0.717, 1.165) is 16.7 Å². The highest BCUT2D eigenvalue weighted by molar-refractivity contribution is 7.80. The Hall–Kier alpha value is -2.80.